The third kappa shape index (κ3) is 13.3. The molecule has 31 heavy (non-hydrogen) atoms. The van der Waals surface area contributed by atoms with Crippen molar-refractivity contribution in [3.63, 3.8) is 0 Å². The fourth-order valence-electron chi connectivity index (χ4n) is 2.80. The zero-order valence-corrected chi connectivity index (χ0v) is 18.9. The first-order valence-electron chi connectivity index (χ1n) is 11.0. The summed E-state index contributed by atoms with van der Waals surface area (Å²) in [4.78, 5) is 12.3. The first-order valence-corrected chi connectivity index (χ1v) is 11.0. The molecule has 168 valence electrons. The Balaban J connectivity index is 3.01. The molecule has 0 bridgehead atoms. The summed E-state index contributed by atoms with van der Waals surface area (Å²) in [5.41, 5.74) is 1.84. The fourth-order valence-corrected chi connectivity index (χ4v) is 2.80. The number of rotatable bonds is 4. The van der Waals surface area contributed by atoms with Crippen molar-refractivity contribution >= 4 is 5.91 Å². The highest BCUT2D eigenvalue weighted by molar-refractivity contribution is 5.88. The Bertz CT molecular complexity index is 778. The molecule has 0 aromatic rings. The van der Waals surface area contributed by atoms with Crippen LogP contribution in [0.2, 0.25) is 0 Å². The smallest absolute Gasteiger partial charge is 0.244 e. The standard InChI is InChI=1S/C27H37NO3/c1-4-5-6-7-17-24-18-11-8-14-22(2)15-9-12-19-25(29)26(30)21-23(3)16-10-13-20-27(31)28-24/h6-16,19-21,24-26,29-30H,4-5,17-18H2,1-3H3,(H,28,31)/b7-6+,11-8-,15-9+,16-10+,19-12-,20-13+,22-14+,23-21-/t24-,25+,26+/m1/s1. The van der Waals surface area contributed by atoms with E-state index in [0.717, 1.165) is 36.8 Å². The van der Waals surface area contributed by atoms with Crippen LogP contribution in [0.3, 0.4) is 0 Å². The van der Waals surface area contributed by atoms with E-state index in [9.17, 15) is 15.0 Å². The molecule has 1 rings (SSSR count). The van der Waals surface area contributed by atoms with E-state index in [2.05, 4.69) is 30.5 Å². The SMILES string of the molecule is CCC/C=C/C[C@@H]1C\C=C/C=C(C)/C=C/C=C\[C@H](O)[C@@H](O)\C=C(C)/C=C/C=C/C(=O)N1. The van der Waals surface area contributed by atoms with Crippen molar-refractivity contribution in [2.24, 2.45) is 0 Å². The predicted molar refractivity (Wildman–Crippen MR) is 130 cm³/mol. The number of unbranched alkanes of at least 4 members (excludes halogenated alkanes) is 1. The third-order valence-electron chi connectivity index (χ3n) is 4.58. The molecule has 0 aromatic carbocycles. The van der Waals surface area contributed by atoms with Crippen LogP contribution in [0.25, 0.3) is 0 Å². The molecule has 1 amide bonds. The zero-order chi connectivity index (χ0) is 22.9. The van der Waals surface area contributed by atoms with Crippen LogP contribution < -0.4 is 5.32 Å². The molecule has 0 unspecified atom stereocenters. The second-order valence-corrected chi connectivity index (χ2v) is 7.63. The van der Waals surface area contributed by atoms with E-state index in [1.165, 1.54) is 6.08 Å². The number of carbonyl (C=O) groups is 1. The van der Waals surface area contributed by atoms with Gasteiger partial charge in [0.1, 0.15) is 12.2 Å². The summed E-state index contributed by atoms with van der Waals surface area (Å²) in [7, 11) is 0. The van der Waals surface area contributed by atoms with Crippen molar-refractivity contribution in [1.82, 2.24) is 5.32 Å². The van der Waals surface area contributed by atoms with Gasteiger partial charge in [0.2, 0.25) is 5.91 Å². The minimum Gasteiger partial charge on any atom is -0.386 e. The average Bonchev–Trinajstić information content (AvgIpc) is 2.73. The van der Waals surface area contributed by atoms with Gasteiger partial charge in [-0.15, -0.1) is 0 Å². The molecule has 4 nitrogen and oxygen atoms in total. The molecule has 1 aliphatic rings. The number of nitrogens with one attached hydrogen (secondary N) is 1. The highest BCUT2D eigenvalue weighted by atomic mass is 16.3. The molecular weight excluding hydrogens is 386 g/mol. The van der Waals surface area contributed by atoms with Crippen molar-refractivity contribution in [3.05, 3.63) is 96.2 Å². The monoisotopic (exact) mass is 423 g/mol. The van der Waals surface area contributed by atoms with Crippen LogP contribution in [-0.2, 0) is 4.79 Å². The summed E-state index contributed by atoms with van der Waals surface area (Å²) in [5.74, 6) is -0.141. The van der Waals surface area contributed by atoms with Crippen molar-refractivity contribution < 1.29 is 15.0 Å². The molecule has 0 aromatic heterocycles. The summed E-state index contributed by atoms with van der Waals surface area (Å²) in [6.07, 6.45) is 27.3. The van der Waals surface area contributed by atoms with E-state index in [0.29, 0.717) is 0 Å². The van der Waals surface area contributed by atoms with E-state index in [-0.39, 0.29) is 11.9 Å². The van der Waals surface area contributed by atoms with E-state index in [1.54, 1.807) is 36.5 Å². The van der Waals surface area contributed by atoms with Gasteiger partial charge in [0.15, 0.2) is 0 Å². The Labute approximate surface area is 187 Å². The second-order valence-electron chi connectivity index (χ2n) is 7.63. The molecule has 0 aliphatic carbocycles. The topological polar surface area (TPSA) is 69.6 Å². The minimum atomic E-state index is -1.01. The second kappa shape index (κ2) is 16.1. The van der Waals surface area contributed by atoms with E-state index >= 15 is 0 Å². The molecule has 0 saturated heterocycles. The lowest BCUT2D eigenvalue weighted by atomic mass is 10.1. The summed E-state index contributed by atoms with van der Waals surface area (Å²) >= 11 is 0. The maximum atomic E-state index is 12.3. The van der Waals surface area contributed by atoms with Gasteiger partial charge in [-0.25, -0.2) is 0 Å². The van der Waals surface area contributed by atoms with Crippen LogP contribution in [-0.4, -0.2) is 34.4 Å². The number of aliphatic hydroxyl groups excluding tert-OH is 2. The number of allylic oxidation sites excluding steroid dienone is 11. The third-order valence-corrected chi connectivity index (χ3v) is 4.58. The minimum absolute atomic E-state index is 0.0292. The van der Waals surface area contributed by atoms with Gasteiger partial charge in [-0.2, -0.15) is 0 Å². The van der Waals surface area contributed by atoms with Gasteiger partial charge < -0.3 is 15.5 Å². The maximum Gasteiger partial charge on any atom is 0.244 e. The number of aliphatic hydroxyl groups is 2. The van der Waals surface area contributed by atoms with Gasteiger partial charge in [0, 0.05) is 12.1 Å². The highest BCUT2D eigenvalue weighted by Gasteiger charge is 2.09. The van der Waals surface area contributed by atoms with E-state index in [4.69, 9.17) is 0 Å². The molecule has 1 aliphatic heterocycles. The van der Waals surface area contributed by atoms with Gasteiger partial charge in [0.05, 0.1) is 0 Å². The zero-order valence-electron chi connectivity index (χ0n) is 18.9. The molecule has 0 fully saturated rings. The summed E-state index contributed by atoms with van der Waals surface area (Å²) in [6, 6.07) is 0.0292. The number of hydrogen-bond acceptors (Lipinski definition) is 3. The molecule has 0 spiro atoms. The van der Waals surface area contributed by atoms with Crippen LogP contribution in [0.1, 0.15) is 46.5 Å². The Morgan fingerprint density at radius 3 is 2.45 bits per heavy atom. The predicted octanol–water partition coefficient (Wildman–Crippen LogP) is 5.02. The summed E-state index contributed by atoms with van der Waals surface area (Å²) < 4.78 is 0. The van der Waals surface area contributed by atoms with Crippen molar-refractivity contribution in [1.29, 1.82) is 0 Å². The lowest BCUT2D eigenvalue weighted by Crippen LogP contribution is -2.32. The first kappa shape index (κ1) is 26.3. The van der Waals surface area contributed by atoms with Crippen LogP contribution >= 0.6 is 0 Å². The van der Waals surface area contributed by atoms with Crippen molar-refractivity contribution in [3.8, 4) is 0 Å². The number of carbonyl (C=O) groups excluding carboxylic acids is 1. The Kier molecular flexibility index (Phi) is 13.6. The van der Waals surface area contributed by atoms with Crippen LogP contribution in [0.4, 0.5) is 0 Å². The molecule has 4 heteroatoms. The Morgan fingerprint density at radius 2 is 1.68 bits per heavy atom. The van der Waals surface area contributed by atoms with Gasteiger partial charge in [0.25, 0.3) is 0 Å². The Morgan fingerprint density at radius 1 is 0.968 bits per heavy atom. The van der Waals surface area contributed by atoms with Gasteiger partial charge in [-0.1, -0.05) is 103 Å². The average molecular weight is 424 g/mol. The molecule has 3 atom stereocenters. The summed E-state index contributed by atoms with van der Waals surface area (Å²) in [6.45, 7) is 5.96. The van der Waals surface area contributed by atoms with Gasteiger partial charge in [-0.3, -0.25) is 4.79 Å². The van der Waals surface area contributed by atoms with Crippen molar-refractivity contribution in [2.45, 2.75) is 64.7 Å². The van der Waals surface area contributed by atoms with Gasteiger partial charge >= 0.3 is 0 Å². The fraction of sp³-hybridized carbons (Fsp3) is 0.370. The molecule has 0 saturated carbocycles. The molecular formula is C27H37NO3. The number of amides is 1. The molecule has 0 radical (unpaired) electrons. The van der Waals surface area contributed by atoms with E-state index in [1.807, 2.05) is 38.2 Å². The van der Waals surface area contributed by atoms with Crippen LogP contribution in [0, 0.1) is 0 Å². The van der Waals surface area contributed by atoms with E-state index < -0.39 is 12.2 Å². The maximum absolute atomic E-state index is 12.3. The Hall–Kier alpha value is -2.69. The van der Waals surface area contributed by atoms with Crippen LogP contribution in [0.15, 0.2) is 96.2 Å². The lowest BCUT2D eigenvalue weighted by molar-refractivity contribution is -0.117. The quantitative estimate of drug-likeness (QED) is 0.556. The van der Waals surface area contributed by atoms with Crippen LogP contribution in [0.5, 0.6) is 0 Å². The first-order chi connectivity index (χ1) is 14.9. The lowest BCUT2D eigenvalue weighted by Gasteiger charge is -2.14. The normalized spacial score (nSPS) is 32.7. The summed E-state index contributed by atoms with van der Waals surface area (Å²) in [5, 5.41) is 23.2. The number of hydrogen-bond donors (Lipinski definition) is 3. The van der Waals surface area contributed by atoms with Crippen molar-refractivity contribution in [2.75, 3.05) is 0 Å². The van der Waals surface area contributed by atoms with Gasteiger partial charge in [-0.05, 0) is 33.1 Å². The molecule has 3 N–H and O–H groups in total. The largest absolute Gasteiger partial charge is 0.386 e. The highest BCUT2D eigenvalue weighted by Crippen LogP contribution is 2.06. The molecule has 1 heterocycles.